The van der Waals surface area contributed by atoms with Crippen molar-refractivity contribution in [2.75, 3.05) is 11.9 Å². The fourth-order valence-electron chi connectivity index (χ4n) is 9.14. The van der Waals surface area contributed by atoms with E-state index in [-0.39, 0.29) is 6.17 Å². The summed E-state index contributed by atoms with van der Waals surface area (Å²) in [5.74, 6) is 3.03. The molecule has 6 heterocycles. The minimum atomic E-state index is -0.553. The number of hydrogen-bond donors (Lipinski definition) is 0. The predicted molar refractivity (Wildman–Crippen MR) is 174 cm³/mol. The fourth-order valence-corrected chi connectivity index (χ4v) is 9.14. The first-order valence-corrected chi connectivity index (χ1v) is 15.3. The lowest BCUT2D eigenvalue weighted by molar-refractivity contribution is -0.743. The molecule has 5 heteroatoms. The molecule has 4 aliphatic heterocycles. The Kier molecular flexibility index (Phi) is 3.92. The number of fused-ring (bicyclic) bond motifs is 8. The number of pyridine rings is 1. The van der Waals surface area contributed by atoms with Gasteiger partial charge in [-0.15, -0.1) is 0 Å². The van der Waals surface area contributed by atoms with Crippen molar-refractivity contribution in [3.8, 4) is 17.3 Å². The third-order valence-corrected chi connectivity index (χ3v) is 10.6. The minimum absolute atomic E-state index is 0.0428. The molecule has 2 atom stereocenters. The molecule has 0 aliphatic carbocycles. The summed E-state index contributed by atoms with van der Waals surface area (Å²) in [7, 11) is 2.29. The van der Waals surface area contributed by atoms with Crippen molar-refractivity contribution >= 4 is 44.0 Å². The van der Waals surface area contributed by atoms with E-state index < -0.39 is 5.54 Å². The Balaban J connectivity index is 1.31. The van der Waals surface area contributed by atoms with Crippen molar-refractivity contribution in [1.82, 2.24) is 9.47 Å². The zero-order valence-corrected chi connectivity index (χ0v) is 24.3. The maximum absolute atomic E-state index is 6.86. The maximum atomic E-state index is 6.86. The van der Waals surface area contributed by atoms with Crippen LogP contribution in [0.4, 0.5) is 5.69 Å². The number of aromatic nitrogens is 2. The molecule has 5 aromatic carbocycles. The zero-order valence-electron chi connectivity index (χ0n) is 24.3. The smallest absolute Gasteiger partial charge is 0.288 e. The summed E-state index contributed by atoms with van der Waals surface area (Å²) in [6, 6.07) is 41.9. The summed E-state index contributed by atoms with van der Waals surface area (Å²) in [4.78, 5) is 5.12. The van der Waals surface area contributed by atoms with Crippen LogP contribution < -0.4 is 14.2 Å². The standard InChI is InChI=1S/C39H27N4O/c1-23-36(27-15-9-12-24-11-3-4-13-25(24)27)40(2)38-39-34-30(42(23)38)17-10-18-31(34)44-32-21-20-28-26-14-5-6-16-29(26)43(37(28)35(32)39)33-19-7-8-22-41(33)39/h3-22,38H,1-2H3/q+1. The largest absolute Gasteiger partial charge is 0.456 e. The predicted octanol–water partition coefficient (Wildman–Crippen LogP) is 7.92. The summed E-state index contributed by atoms with van der Waals surface area (Å²) in [5, 5.41) is 5.05. The van der Waals surface area contributed by atoms with E-state index in [0.29, 0.717) is 0 Å². The van der Waals surface area contributed by atoms with Crippen LogP contribution >= 0.6 is 0 Å². The topological polar surface area (TPSA) is 24.5 Å². The van der Waals surface area contributed by atoms with Gasteiger partial charge < -0.3 is 14.5 Å². The van der Waals surface area contributed by atoms with Crippen LogP contribution in [0, 0.1) is 0 Å². The van der Waals surface area contributed by atoms with Crippen LogP contribution in [0.3, 0.4) is 0 Å². The molecule has 2 unspecified atom stereocenters. The summed E-state index contributed by atoms with van der Waals surface area (Å²) in [5.41, 5.74) is 9.37. The highest BCUT2D eigenvalue weighted by Gasteiger charge is 2.69. The number of anilines is 1. The van der Waals surface area contributed by atoms with Crippen molar-refractivity contribution in [1.29, 1.82) is 0 Å². The molecule has 2 aromatic heterocycles. The van der Waals surface area contributed by atoms with Gasteiger partial charge in [-0.05, 0) is 60.2 Å². The van der Waals surface area contributed by atoms with Gasteiger partial charge in [-0.3, -0.25) is 0 Å². The number of hydrogen-bond acceptors (Lipinski definition) is 3. The van der Waals surface area contributed by atoms with E-state index in [9.17, 15) is 0 Å². The molecule has 44 heavy (non-hydrogen) atoms. The first-order valence-electron chi connectivity index (χ1n) is 15.3. The number of para-hydroxylation sites is 1. The Morgan fingerprint density at radius 1 is 0.705 bits per heavy atom. The first-order chi connectivity index (χ1) is 21.7. The minimum Gasteiger partial charge on any atom is -0.456 e. The second-order valence-electron chi connectivity index (χ2n) is 12.5. The molecule has 0 saturated heterocycles. The summed E-state index contributed by atoms with van der Waals surface area (Å²) >= 11 is 0. The van der Waals surface area contributed by atoms with Gasteiger partial charge in [0.05, 0.1) is 28.7 Å². The van der Waals surface area contributed by atoms with Gasteiger partial charge in [0.15, 0.2) is 11.7 Å². The van der Waals surface area contributed by atoms with Crippen LogP contribution in [0.25, 0.3) is 44.1 Å². The average Bonchev–Trinajstić information content (AvgIpc) is 3.66. The summed E-state index contributed by atoms with van der Waals surface area (Å²) in [6.07, 6.45) is 2.24. The van der Waals surface area contributed by atoms with Crippen LogP contribution in [0.1, 0.15) is 23.6 Å². The number of allylic oxidation sites excluding steroid dienone is 1. The third kappa shape index (κ3) is 2.32. The summed E-state index contributed by atoms with van der Waals surface area (Å²) in [6.45, 7) is 2.29. The van der Waals surface area contributed by atoms with Gasteiger partial charge in [0.2, 0.25) is 5.54 Å². The van der Waals surface area contributed by atoms with Gasteiger partial charge >= 0.3 is 0 Å². The van der Waals surface area contributed by atoms with Crippen LogP contribution in [0.15, 0.2) is 127 Å². The first kappa shape index (κ1) is 23.0. The lowest BCUT2D eigenvalue weighted by atomic mass is 9.76. The van der Waals surface area contributed by atoms with E-state index in [1.165, 1.54) is 66.4 Å². The number of likely N-dealkylation sites (N-methyl/N-ethyl adjacent to an activating group) is 1. The lowest BCUT2D eigenvalue weighted by Crippen LogP contribution is -2.70. The third-order valence-electron chi connectivity index (χ3n) is 10.6. The van der Waals surface area contributed by atoms with Crippen molar-refractivity contribution in [2.24, 2.45) is 0 Å². The molecule has 11 rings (SSSR count). The highest BCUT2D eigenvalue weighted by Crippen LogP contribution is 2.64. The average molecular weight is 568 g/mol. The van der Waals surface area contributed by atoms with E-state index in [0.717, 1.165) is 17.3 Å². The molecule has 4 aliphatic rings. The Bertz CT molecular complexity index is 2480. The second-order valence-corrected chi connectivity index (χ2v) is 12.5. The Hall–Kier alpha value is -5.55. The molecular weight excluding hydrogens is 540 g/mol. The number of ether oxygens (including phenoxy) is 1. The normalized spacial score (nSPS) is 20.4. The molecule has 0 fully saturated rings. The van der Waals surface area contributed by atoms with Crippen LogP contribution in [0.2, 0.25) is 0 Å². The molecule has 0 amide bonds. The quantitative estimate of drug-likeness (QED) is 0.189. The van der Waals surface area contributed by atoms with Gasteiger partial charge in [-0.2, -0.15) is 4.57 Å². The molecule has 5 nitrogen and oxygen atoms in total. The number of rotatable bonds is 1. The van der Waals surface area contributed by atoms with Gasteiger partial charge in [-0.25, -0.2) is 4.57 Å². The monoisotopic (exact) mass is 567 g/mol. The van der Waals surface area contributed by atoms with Crippen molar-refractivity contribution in [3.63, 3.8) is 0 Å². The van der Waals surface area contributed by atoms with Crippen molar-refractivity contribution in [2.45, 2.75) is 18.6 Å². The Morgan fingerprint density at radius 3 is 2.41 bits per heavy atom. The zero-order chi connectivity index (χ0) is 28.9. The van der Waals surface area contributed by atoms with Gasteiger partial charge in [0, 0.05) is 35.1 Å². The van der Waals surface area contributed by atoms with Gasteiger partial charge in [0.1, 0.15) is 17.0 Å². The van der Waals surface area contributed by atoms with E-state index >= 15 is 0 Å². The number of benzene rings is 5. The molecule has 0 bridgehead atoms. The second kappa shape index (κ2) is 7.50. The van der Waals surface area contributed by atoms with Crippen LogP contribution in [-0.2, 0) is 5.54 Å². The van der Waals surface area contributed by atoms with Crippen molar-refractivity contribution in [3.05, 3.63) is 144 Å². The summed E-state index contributed by atoms with van der Waals surface area (Å²) < 4.78 is 11.9. The van der Waals surface area contributed by atoms with E-state index in [2.05, 4.69) is 154 Å². The lowest BCUT2D eigenvalue weighted by Gasteiger charge is -2.43. The van der Waals surface area contributed by atoms with Crippen LogP contribution in [0.5, 0.6) is 11.5 Å². The molecule has 0 N–H and O–H groups in total. The highest BCUT2D eigenvalue weighted by atomic mass is 16.5. The molecule has 0 radical (unpaired) electrons. The maximum Gasteiger partial charge on any atom is 0.288 e. The van der Waals surface area contributed by atoms with Crippen LogP contribution in [-0.4, -0.2) is 22.7 Å². The Morgan fingerprint density at radius 2 is 1.48 bits per heavy atom. The van der Waals surface area contributed by atoms with E-state index in [1.807, 2.05) is 0 Å². The number of nitrogens with zero attached hydrogens (tertiary/aromatic N) is 4. The van der Waals surface area contributed by atoms with Crippen molar-refractivity contribution < 1.29 is 9.30 Å². The molecule has 1 spiro atoms. The highest BCUT2D eigenvalue weighted by molar-refractivity contribution is 6.12. The molecule has 208 valence electrons. The molecule has 7 aromatic rings. The fraction of sp³-hybridized carbons (Fsp3) is 0.103. The van der Waals surface area contributed by atoms with Gasteiger partial charge in [-0.1, -0.05) is 66.7 Å². The Labute approximate surface area is 254 Å². The SMILES string of the molecule is CC1=C(c2cccc3ccccc23)N(C)C2N1c1cccc3c1C21c2c(ccc4c5ccccc5n(c24)-c2cccc[n+]21)O3. The van der Waals surface area contributed by atoms with Gasteiger partial charge in [0.25, 0.3) is 5.82 Å². The molecular formula is C39H27N4O+. The van der Waals surface area contributed by atoms with E-state index in [4.69, 9.17) is 4.74 Å². The molecule has 0 saturated carbocycles. The van der Waals surface area contributed by atoms with E-state index in [1.54, 1.807) is 0 Å².